The van der Waals surface area contributed by atoms with Gasteiger partial charge in [0.05, 0.1) is 23.5 Å². The Morgan fingerprint density at radius 3 is 2.68 bits per heavy atom. The van der Waals surface area contributed by atoms with Gasteiger partial charge >= 0.3 is 5.97 Å². The van der Waals surface area contributed by atoms with E-state index in [4.69, 9.17) is 5.11 Å². The Labute approximate surface area is 141 Å². The van der Waals surface area contributed by atoms with E-state index in [9.17, 15) is 9.59 Å². The van der Waals surface area contributed by atoms with E-state index < -0.39 is 5.97 Å². The lowest BCUT2D eigenvalue weighted by Crippen LogP contribution is -2.21. The van der Waals surface area contributed by atoms with Crippen molar-refractivity contribution in [3.05, 3.63) is 65.3 Å². The summed E-state index contributed by atoms with van der Waals surface area (Å²) in [4.78, 5) is 27.7. The van der Waals surface area contributed by atoms with Gasteiger partial charge < -0.3 is 9.67 Å². The Morgan fingerprint density at radius 2 is 1.92 bits per heavy atom. The topological polar surface area (TPSA) is 89.5 Å². The Morgan fingerprint density at radius 1 is 1.12 bits per heavy atom. The van der Waals surface area contributed by atoms with Crippen LogP contribution in [0.2, 0.25) is 0 Å². The van der Waals surface area contributed by atoms with Gasteiger partial charge in [-0.15, -0.1) is 0 Å². The zero-order chi connectivity index (χ0) is 17.4. The maximum Gasteiger partial charge on any atom is 0.305 e. The van der Waals surface area contributed by atoms with Crippen LogP contribution in [0.5, 0.6) is 0 Å². The number of carbonyl (C=O) groups is 1. The van der Waals surface area contributed by atoms with E-state index in [0.29, 0.717) is 16.6 Å². The van der Waals surface area contributed by atoms with Gasteiger partial charge in [0.25, 0.3) is 5.56 Å². The number of fused-ring (bicyclic) bond motifs is 3. The molecular weight excluding hydrogens is 320 g/mol. The van der Waals surface area contributed by atoms with Crippen molar-refractivity contribution in [1.82, 2.24) is 19.2 Å². The second-order valence-electron chi connectivity index (χ2n) is 5.67. The van der Waals surface area contributed by atoms with Crippen molar-refractivity contribution in [2.75, 3.05) is 0 Å². The van der Waals surface area contributed by atoms with Crippen LogP contribution in [0.25, 0.3) is 27.7 Å². The molecule has 0 fully saturated rings. The average Bonchev–Trinajstić information content (AvgIpc) is 3.06. The van der Waals surface area contributed by atoms with Crippen molar-refractivity contribution in [2.24, 2.45) is 0 Å². The van der Waals surface area contributed by atoms with Gasteiger partial charge in [0.15, 0.2) is 5.65 Å². The molecule has 1 N–H and O–H groups in total. The molecule has 0 bridgehead atoms. The number of aryl methyl sites for hydroxylation is 1. The lowest BCUT2D eigenvalue weighted by molar-refractivity contribution is -0.137. The molecule has 0 radical (unpaired) electrons. The van der Waals surface area contributed by atoms with Crippen LogP contribution in [-0.2, 0) is 11.3 Å². The van der Waals surface area contributed by atoms with Crippen molar-refractivity contribution in [1.29, 1.82) is 0 Å². The van der Waals surface area contributed by atoms with E-state index in [1.807, 2.05) is 30.3 Å². The molecule has 124 valence electrons. The standard InChI is InChI=1S/C18H14N4O3/c23-16(24)7-9-21-8-6-15-14(18(21)25)10-19-17-13(11-20-22(15)17)12-4-2-1-3-5-12/h1-6,8,10-11H,7,9H2,(H,23,24). The third-order valence-electron chi connectivity index (χ3n) is 4.12. The molecule has 7 heteroatoms. The molecule has 0 aliphatic heterocycles. The fourth-order valence-corrected chi connectivity index (χ4v) is 2.87. The van der Waals surface area contributed by atoms with E-state index in [-0.39, 0.29) is 18.5 Å². The third-order valence-corrected chi connectivity index (χ3v) is 4.12. The highest BCUT2D eigenvalue weighted by molar-refractivity contribution is 5.85. The molecule has 4 aromatic rings. The summed E-state index contributed by atoms with van der Waals surface area (Å²) in [5.41, 5.74) is 2.92. The Bertz CT molecular complexity index is 1150. The number of hydrogen-bond acceptors (Lipinski definition) is 4. The van der Waals surface area contributed by atoms with Gasteiger partial charge in [-0.3, -0.25) is 9.59 Å². The SMILES string of the molecule is O=C(O)CCn1ccc2c(cnc3c(-c4ccccc4)cnn32)c1=O. The van der Waals surface area contributed by atoms with E-state index in [1.54, 1.807) is 23.0 Å². The number of nitrogens with zero attached hydrogens (tertiary/aromatic N) is 4. The summed E-state index contributed by atoms with van der Waals surface area (Å²) in [5.74, 6) is -0.944. The fourth-order valence-electron chi connectivity index (χ4n) is 2.87. The smallest absolute Gasteiger partial charge is 0.305 e. The molecular formula is C18H14N4O3. The monoisotopic (exact) mass is 334 g/mol. The molecule has 1 aromatic carbocycles. The van der Waals surface area contributed by atoms with Gasteiger partial charge in [-0.1, -0.05) is 30.3 Å². The maximum atomic E-state index is 12.6. The number of hydrogen-bond donors (Lipinski definition) is 1. The summed E-state index contributed by atoms with van der Waals surface area (Å²) >= 11 is 0. The van der Waals surface area contributed by atoms with Crippen LogP contribution in [0, 0.1) is 0 Å². The van der Waals surface area contributed by atoms with Gasteiger partial charge in [-0.05, 0) is 11.6 Å². The molecule has 3 aromatic heterocycles. The van der Waals surface area contributed by atoms with Gasteiger partial charge in [0.1, 0.15) is 0 Å². The highest BCUT2D eigenvalue weighted by Gasteiger charge is 2.13. The molecule has 0 saturated heterocycles. The van der Waals surface area contributed by atoms with Gasteiger partial charge in [0, 0.05) is 24.5 Å². The summed E-state index contributed by atoms with van der Waals surface area (Å²) in [6.45, 7) is 0.122. The Hall–Kier alpha value is -3.48. The number of carboxylic acids is 1. The van der Waals surface area contributed by atoms with E-state index in [0.717, 1.165) is 11.1 Å². The Kier molecular flexibility index (Phi) is 3.53. The fraction of sp³-hybridized carbons (Fsp3) is 0.111. The summed E-state index contributed by atoms with van der Waals surface area (Å²) in [6, 6.07) is 11.5. The molecule has 0 aliphatic rings. The first kappa shape index (κ1) is 15.1. The molecule has 0 aliphatic carbocycles. The van der Waals surface area contributed by atoms with Crippen LogP contribution in [0.1, 0.15) is 6.42 Å². The maximum absolute atomic E-state index is 12.6. The summed E-state index contributed by atoms with van der Waals surface area (Å²) in [6.07, 6.45) is 4.74. The predicted molar refractivity (Wildman–Crippen MR) is 92.4 cm³/mol. The predicted octanol–water partition coefficient (Wildman–Crippen LogP) is 2.19. The van der Waals surface area contributed by atoms with Crippen molar-refractivity contribution >= 4 is 22.5 Å². The molecule has 25 heavy (non-hydrogen) atoms. The van der Waals surface area contributed by atoms with Gasteiger partial charge in [-0.25, -0.2) is 9.50 Å². The zero-order valence-corrected chi connectivity index (χ0v) is 13.2. The van der Waals surface area contributed by atoms with Crippen LogP contribution < -0.4 is 5.56 Å². The highest BCUT2D eigenvalue weighted by atomic mass is 16.4. The number of benzene rings is 1. The van der Waals surface area contributed by atoms with E-state index in [1.165, 1.54) is 10.8 Å². The molecule has 0 unspecified atom stereocenters. The minimum Gasteiger partial charge on any atom is -0.481 e. The number of carboxylic acid groups (broad SMARTS) is 1. The van der Waals surface area contributed by atoms with Crippen molar-refractivity contribution in [3.8, 4) is 11.1 Å². The van der Waals surface area contributed by atoms with E-state index in [2.05, 4.69) is 10.1 Å². The molecule has 3 heterocycles. The number of aromatic nitrogens is 4. The van der Waals surface area contributed by atoms with Crippen LogP contribution in [0.3, 0.4) is 0 Å². The van der Waals surface area contributed by atoms with Crippen LogP contribution in [-0.4, -0.2) is 30.2 Å². The molecule has 0 atom stereocenters. The average molecular weight is 334 g/mol. The summed E-state index contributed by atoms with van der Waals surface area (Å²) in [7, 11) is 0. The summed E-state index contributed by atoms with van der Waals surface area (Å²) < 4.78 is 3.02. The van der Waals surface area contributed by atoms with Crippen molar-refractivity contribution in [2.45, 2.75) is 13.0 Å². The minimum atomic E-state index is -0.944. The minimum absolute atomic E-state index is 0.110. The van der Waals surface area contributed by atoms with Crippen LogP contribution >= 0.6 is 0 Å². The largest absolute Gasteiger partial charge is 0.481 e. The second-order valence-corrected chi connectivity index (χ2v) is 5.67. The molecule has 0 amide bonds. The third kappa shape index (κ3) is 2.55. The van der Waals surface area contributed by atoms with Crippen molar-refractivity contribution in [3.63, 3.8) is 0 Å². The summed E-state index contributed by atoms with van der Waals surface area (Å²) in [5, 5.41) is 13.6. The zero-order valence-electron chi connectivity index (χ0n) is 13.2. The molecule has 0 saturated carbocycles. The first-order chi connectivity index (χ1) is 12.1. The number of aliphatic carboxylic acids is 1. The highest BCUT2D eigenvalue weighted by Crippen LogP contribution is 2.24. The molecule has 4 rings (SSSR count). The Balaban J connectivity index is 1.88. The van der Waals surface area contributed by atoms with Crippen LogP contribution in [0.4, 0.5) is 0 Å². The first-order valence-electron chi connectivity index (χ1n) is 7.78. The lowest BCUT2D eigenvalue weighted by atomic mass is 10.1. The second kappa shape index (κ2) is 5.86. The van der Waals surface area contributed by atoms with Crippen molar-refractivity contribution < 1.29 is 9.90 Å². The van der Waals surface area contributed by atoms with Gasteiger partial charge in [-0.2, -0.15) is 5.10 Å². The van der Waals surface area contributed by atoms with E-state index >= 15 is 0 Å². The number of rotatable bonds is 4. The molecule has 0 spiro atoms. The lowest BCUT2D eigenvalue weighted by Gasteiger charge is -2.07. The number of pyridine rings is 1. The molecule has 7 nitrogen and oxygen atoms in total. The first-order valence-corrected chi connectivity index (χ1v) is 7.78. The van der Waals surface area contributed by atoms with Crippen LogP contribution in [0.15, 0.2) is 59.8 Å². The normalized spacial score (nSPS) is 11.2. The quantitative estimate of drug-likeness (QED) is 0.618. The van der Waals surface area contributed by atoms with Gasteiger partial charge in [0.2, 0.25) is 0 Å².